The van der Waals surface area contributed by atoms with E-state index >= 15 is 0 Å². The third-order valence-corrected chi connectivity index (χ3v) is 6.47. The Morgan fingerprint density at radius 1 is 0.943 bits per heavy atom. The van der Waals surface area contributed by atoms with E-state index in [0.29, 0.717) is 13.1 Å². The lowest BCUT2D eigenvalue weighted by Crippen LogP contribution is -2.46. The molecule has 0 saturated heterocycles. The molecule has 5 heteroatoms. The van der Waals surface area contributed by atoms with Crippen LogP contribution in [-0.4, -0.2) is 38.4 Å². The van der Waals surface area contributed by atoms with E-state index in [9.17, 15) is 4.79 Å². The van der Waals surface area contributed by atoms with Crippen LogP contribution < -0.4 is 0 Å². The van der Waals surface area contributed by atoms with Crippen molar-refractivity contribution in [3.05, 3.63) is 89.2 Å². The number of aryl methyl sites for hydroxylation is 2. The summed E-state index contributed by atoms with van der Waals surface area (Å²) >= 11 is 0. The minimum absolute atomic E-state index is 0.0878. The van der Waals surface area contributed by atoms with E-state index in [1.807, 2.05) is 34.9 Å². The number of hydrogen-bond acceptors (Lipinski definition) is 2. The van der Waals surface area contributed by atoms with Gasteiger partial charge in [-0.3, -0.25) is 0 Å². The summed E-state index contributed by atoms with van der Waals surface area (Å²) in [7, 11) is 0. The fraction of sp³-hybridized carbons (Fsp3) is 0.333. The van der Waals surface area contributed by atoms with Gasteiger partial charge < -0.3 is 14.8 Å². The Morgan fingerprint density at radius 3 is 2.37 bits per heavy atom. The zero-order chi connectivity index (χ0) is 24.9. The van der Waals surface area contributed by atoms with Gasteiger partial charge >= 0.3 is 6.03 Å². The smallest absolute Gasteiger partial charge is 0.320 e. The largest absolute Gasteiger partial charge is 0.342 e. The van der Waals surface area contributed by atoms with Crippen molar-refractivity contribution in [3.63, 3.8) is 0 Å². The second kappa shape index (κ2) is 10.8. The minimum atomic E-state index is 0.0878. The highest BCUT2D eigenvalue weighted by atomic mass is 16.2. The van der Waals surface area contributed by atoms with Gasteiger partial charge in [0.1, 0.15) is 5.82 Å². The molecule has 1 heterocycles. The summed E-state index contributed by atoms with van der Waals surface area (Å²) in [6.45, 7) is 12.3. The van der Waals surface area contributed by atoms with E-state index in [1.54, 1.807) is 0 Å². The minimum Gasteiger partial charge on any atom is -0.342 e. The summed E-state index contributed by atoms with van der Waals surface area (Å²) in [5.41, 5.74) is 7.82. The SMILES string of the molecule is CCCN(Cc1cc(-c2ccc3nc(C)[nH]c3c2)ccc1C)C(=O)N(Cc1ccccc1)C(C)C. The second-order valence-corrected chi connectivity index (χ2v) is 9.61. The van der Waals surface area contributed by atoms with E-state index in [2.05, 4.69) is 86.2 Å². The Bertz CT molecular complexity index is 1290. The molecule has 35 heavy (non-hydrogen) atoms. The number of imidazole rings is 1. The monoisotopic (exact) mass is 468 g/mol. The maximum atomic E-state index is 13.7. The molecular formula is C30H36N4O. The van der Waals surface area contributed by atoms with Crippen LogP contribution in [0.4, 0.5) is 4.79 Å². The van der Waals surface area contributed by atoms with E-state index in [0.717, 1.165) is 46.5 Å². The second-order valence-electron chi connectivity index (χ2n) is 9.61. The fourth-order valence-corrected chi connectivity index (χ4v) is 4.49. The summed E-state index contributed by atoms with van der Waals surface area (Å²) < 4.78 is 0. The molecule has 0 saturated carbocycles. The van der Waals surface area contributed by atoms with E-state index in [-0.39, 0.29) is 12.1 Å². The third kappa shape index (κ3) is 5.73. The lowest BCUT2D eigenvalue weighted by atomic mass is 9.99. The quantitative estimate of drug-likeness (QED) is 0.300. The van der Waals surface area contributed by atoms with E-state index < -0.39 is 0 Å². The molecule has 0 radical (unpaired) electrons. The fourth-order valence-electron chi connectivity index (χ4n) is 4.49. The van der Waals surface area contributed by atoms with Gasteiger partial charge in [0.15, 0.2) is 0 Å². The first-order valence-electron chi connectivity index (χ1n) is 12.5. The van der Waals surface area contributed by atoms with Gasteiger partial charge in [-0.1, -0.05) is 55.5 Å². The van der Waals surface area contributed by atoms with Gasteiger partial charge in [0.25, 0.3) is 0 Å². The van der Waals surface area contributed by atoms with Crippen LogP contribution in [0.15, 0.2) is 66.7 Å². The molecule has 4 aromatic rings. The van der Waals surface area contributed by atoms with Crippen molar-refractivity contribution in [1.29, 1.82) is 0 Å². The molecule has 1 aromatic heterocycles. The van der Waals surface area contributed by atoms with Crippen LogP contribution in [0.1, 0.15) is 49.7 Å². The van der Waals surface area contributed by atoms with Crippen molar-refractivity contribution < 1.29 is 4.79 Å². The number of urea groups is 1. The number of fused-ring (bicyclic) bond motifs is 1. The maximum absolute atomic E-state index is 13.7. The first kappa shape index (κ1) is 24.5. The topological polar surface area (TPSA) is 52.2 Å². The number of nitrogens with zero attached hydrogens (tertiary/aromatic N) is 3. The summed E-state index contributed by atoms with van der Waals surface area (Å²) in [6.07, 6.45) is 0.914. The van der Waals surface area contributed by atoms with Crippen molar-refractivity contribution in [3.8, 4) is 11.1 Å². The molecule has 4 rings (SSSR count). The molecule has 5 nitrogen and oxygen atoms in total. The highest BCUT2D eigenvalue weighted by molar-refractivity contribution is 5.82. The van der Waals surface area contributed by atoms with E-state index in [4.69, 9.17) is 0 Å². The van der Waals surface area contributed by atoms with Crippen LogP contribution in [0.2, 0.25) is 0 Å². The molecule has 3 aromatic carbocycles. The molecule has 0 atom stereocenters. The lowest BCUT2D eigenvalue weighted by Gasteiger charge is -2.34. The van der Waals surface area contributed by atoms with Crippen LogP contribution in [0.25, 0.3) is 22.2 Å². The number of benzene rings is 3. The Kier molecular flexibility index (Phi) is 7.54. The first-order valence-corrected chi connectivity index (χ1v) is 12.5. The normalized spacial score (nSPS) is 11.3. The van der Waals surface area contributed by atoms with Crippen molar-refractivity contribution >= 4 is 17.1 Å². The molecule has 2 amide bonds. The molecule has 0 unspecified atom stereocenters. The van der Waals surface area contributed by atoms with Gasteiger partial charge in [-0.05, 0) is 80.1 Å². The summed E-state index contributed by atoms with van der Waals surface area (Å²) in [6, 6.07) is 23.3. The molecule has 0 spiro atoms. The van der Waals surface area contributed by atoms with Gasteiger partial charge in [0, 0.05) is 25.7 Å². The molecular weight excluding hydrogens is 432 g/mol. The van der Waals surface area contributed by atoms with Crippen molar-refractivity contribution in [1.82, 2.24) is 19.8 Å². The average molecular weight is 469 g/mol. The Labute approximate surface area is 208 Å². The zero-order valence-electron chi connectivity index (χ0n) is 21.5. The third-order valence-electron chi connectivity index (χ3n) is 6.47. The number of carbonyl (C=O) groups excluding carboxylic acids is 1. The van der Waals surface area contributed by atoms with Crippen LogP contribution in [0, 0.1) is 13.8 Å². The van der Waals surface area contributed by atoms with Crippen molar-refractivity contribution in [2.24, 2.45) is 0 Å². The number of nitrogens with one attached hydrogen (secondary N) is 1. The molecule has 0 bridgehead atoms. The van der Waals surface area contributed by atoms with Gasteiger partial charge in [-0.2, -0.15) is 0 Å². The number of carbonyl (C=O) groups is 1. The zero-order valence-corrected chi connectivity index (χ0v) is 21.5. The summed E-state index contributed by atoms with van der Waals surface area (Å²) in [5.74, 6) is 0.917. The molecule has 0 aliphatic heterocycles. The Hall–Kier alpha value is -3.60. The number of H-pyrrole nitrogens is 1. The van der Waals surface area contributed by atoms with Gasteiger partial charge in [-0.15, -0.1) is 0 Å². The average Bonchev–Trinajstić information content (AvgIpc) is 3.22. The first-order chi connectivity index (χ1) is 16.9. The number of aromatic amines is 1. The van der Waals surface area contributed by atoms with Crippen LogP contribution in [0.5, 0.6) is 0 Å². The van der Waals surface area contributed by atoms with Crippen LogP contribution in [-0.2, 0) is 13.1 Å². The predicted molar refractivity (Wildman–Crippen MR) is 144 cm³/mol. The molecule has 0 aliphatic rings. The van der Waals surface area contributed by atoms with Crippen molar-refractivity contribution in [2.45, 2.75) is 60.2 Å². The molecule has 0 aliphatic carbocycles. The number of amides is 2. The van der Waals surface area contributed by atoms with Crippen molar-refractivity contribution in [2.75, 3.05) is 6.54 Å². The predicted octanol–water partition coefficient (Wildman–Crippen LogP) is 7.09. The standard InChI is InChI=1S/C30H36N4O/c1-6-16-33(30(35)34(21(2)3)19-24-10-8-7-9-11-24)20-27-17-25(13-12-22(27)4)26-14-15-28-29(18-26)32-23(5)31-28/h7-15,17-18,21H,6,16,19-20H2,1-5H3,(H,31,32). The Balaban J connectivity index is 1.60. The highest BCUT2D eigenvalue weighted by Gasteiger charge is 2.24. The van der Waals surface area contributed by atoms with Gasteiger partial charge in [0.05, 0.1) is 11.0 Å². The molecule has 0 fully saturated rings. The van der Waals surface area contributed by atoms with E-state index in [1.165, 1.54) is 11.1 Å². The van der Waals surface area contributed by atoms with Gasteiger partial charge in [0.2, 0.25) is 0 Å². The highest BCUT2D eigenvalue weighted by Crippen LogP contribution is 2.27. The van der Waals surface area contributed by atoms with Crippen LogP contribution >= 0.6 is 0 Å². The number of hydrogen-bond donors (Lipinski definition) is 1. The maximum Gasteiger partial charge on any atom is 0.320 e. The van der Waals surface area contributed by atoms with Gasteiger partial charge in [-0.25, -0.2) is 9.78 Å². The summed E-state index contributed by atoms with van der Waals surface area (Å²) in [4.78, 5) is 25.6. The Morgan fingerprint density at radius 2 is 1.66 bits per heavy atom. The number of rotatable bonds is 8. The molecule has 1 N–H and O–H groups in total. The van der Waals surface area contributed by atoms with Crippen LogP contribution in [0.3, 0.4) is 0 Å². The summed E-state index contributed by atoms with van der Waals surface area (Å²) in [5, 5.41) is 0. The number of aromatic nitrogens is 2. The lowest BCUT2D eigenvalue weighted by molar-refractivity contribution is 0.134. The molecule has 182 valence electrons.